The number of ether oxygens (including phenoxy) is 2. The number of aryl methyl sites for hydroxylation is 1. The summed E-state index contributed by atoms with van der Waals surface area (Å²) in [5.41, 5.74) is 1.79. The van der Waals surface area contributed by atoms with Crippen LogP contribution in [-0.2, 0) is 4.79 Å². The molecule has 1 aliphatic heterocycles. The predicted octanol–water partition coefficient (Wildman–Crippen LogP) is 5.21. The zero-order valence-corrected chi connectivity index (χ0v) is 17.3. The van der Waals surface area contributed by atoms with Crippen LogP contribution in [0.1, 0.15) is 37.4 Å². The van der Waals surface area contributed by atoms with Gasteiger partial charge in [-0.25, -0.2) is 0 Å². The molecule has 1 heterocycles. The Labute approximate surface area is 167 Å². The van der Waals surface area contributed by atoms with E-state index >= 15 is 0 Å². The smallest absolute Gasteiger partial charge is 0.258 e. The molecule has 0 fully saturated rings. The van der Waals surface area contributed by atoms with Gasteiger partial charge in [0.1, 0.15) is 17.1 Å². The Morgan fingerprint density at radius 2 is 2.12 bits per heavy atom. The van der Waals surface area contributed by atoms with Gasteiger partial charge in [-0.15, -0.1) is 0 Å². The fourth-order valence-corrected chi connectivity index (χ4v) is 3.87. The second-order valence-electron chi connectivity index (χ2n) is 7.09. The maximum absolute atomic E-state index is 12.5. The molecule has 0 unspecified atom stereocenters. The second-order valence-corrected chi connectivity index (χ2v) is 8.38. The molecule has 2 aromatic rings. The number of nitrogens with one attached hydrogen (secondary N) is 1. The molecule has 1 atom stereocenters. The van der Waals surface area contributed by atoms with Crippen LogP contribution in [0.25, 0.3) is 0 Å². The van der Waals surface area contributed by atoms with E-state index in [1.165, 1.54) is 0 Å². The maximum atomic E-state index is 12.5. The van der Waals surface area contributed by atoms with Crippen molar-refractivity contribution in [3.05, 3.63) is 57.0 Å². The molecule has 6 heteroatoms. The highest BCUT2D eigenvalue weighted by Crippen LogP contribution is 2.39. The summed E-state index contributed by atoms with van der Waals surface area (Å²) in [6.45, 7) is 6.01. The standard InChI is InChI=1S/C20H21BrClNO3/c1-12-4-6-17-14(8-12)16(10-20(2,3)26-17)23-19(24)11-25-18-7-5-13(22)9-15(18)21/h4-9,16H,10-11H2,1-3H3,(H,23,24)/t16-/m1/s1. The molecule has 0 bridgehead atoms. The Kier molecular flexibility index (Phi) is 5.49. The molecular formula is C20H21BrClNO3. The number of carbonyl (C=O) groups is 1. The van der Waals surface area contributed by atoms with Crippen molar-refractivity contribution in [2.45, 2.75) is 38.8 Å². The fraction of sp³-hybridized carbons (Fsp3) is 0.350. The SMILES string of the molecule is Cc1ccc2c(c1)[C@H](NC(=O)COc1ccc(Cl)cc1Br)CC(C)(C)O2. The van der Waals surface area contributed by atoms with Crippen molar-refractivity contribution < 1.29 is 14.3 Å². The van der Waals surface area contributed by atoms with Crippen molar-refractivity contribution in [3.63, 3.8) is 0 Å². The van der Waals surface area contributed by atoms with Crippen LogP contribution in [0.2, 0.25) is 5.02 Å². The molecule has 3 rings (SSSR count). The molecule has 138 valence electrons. The average Bonchev–Trinajstić information content (AvgIpc) is 2.54. The van der Waals surface area contributed by atoms with Crippen LogP contribution in [0.15, 0.2) is 40.9 Å². The zero-order valence-electron chi connectivity index (χ0n) is 14.9. The number of carbonyl (C=O) groups excluding carboxylic acids is 1. The summed E-state index contributed by atoms with van der Waals surface area (Å²) >= 11 is 9.30. The zero-order chi connectivity index (χ0) is 18.9. The molecule has 0 aliphatic carbocycles. The van der Waals surface area contributed by atoms with Gasteiger partial charge in [0.05, 0.1) is 10.5 Å². The molecule has 2 aromatic carbocycles. The van der Waals surface area contributed by atoms with Gasteiger partial charge in [0, 0.05) is 17.0 Å². The number of rotatable bonds is 4. The molecule has 4 nitrogen and oxygen atoms in total. The lowest BCUT2D eigenvalue weighted by atomic mass is 9.89. The molecule has 0 saturated carbocycles. The predicted molar refractivity (Wildman–Crippen MR) is 106 cm³/mol. The van der Waals surface area contributed by atoms with Gasteiger partial charge in [-0.2, -0.15) is 0 Å². The fourth-order valence-electron chi connectivity index (χ4n) is 3.07. The quantitative estimate of drug-likeness (QED) is 0.713. The van der Waals surface area contributed by atoms with Crippen molar-refractivity contribution in [1.29, 1.82) is 0 Å². The summed E-state index contributed by atoms with van der Waals surface area (Å²) in [5.74, 6) is 1.22. The molecule has 26 heavy (non-hydrogen) atoms. The minimum Gasteiger partial charge on any atom is -0.487 e. The summed E-state index contributed by atoms with van der Waals surface area (Å²) in [6, 6.07) is 11.1. The third-order valence-corrected chi connectivity index (χ3v) is 5.07. The average molecular weight is 439 g/mol. The van der Waals surface area contributed by atoms with Gasteiger partial charge in [0.25, 0.3) is 5.91 Å². The van der Waals surface area contributed by atoms with E-state index in [0.717, 1.165) is 16.9 Å². The summed E-state index contributed by atoms with van der Waals surface area (Å²) in [6.07, 6.45) is 0.694. The van der Waals surface area contributed by atoms with Gasteiger partial charge in [-0.3, -0.25) is 4.79 Å². The minimum absolute atomic E-state index is 0.0703. The van der Waals surface area contributed by atoms with E-state index in [2.05, 4.69) is 27.3 Å². The van der Waals surface area contributed by atoms with E-state index in [9.17, 15) is 4.79 Å². The Balaban J connectivity index is 1.70. The van der Waals surface area contributed by atoms with E-state index in [4.69, 9.17) is 21.1 Å². The van der Waals surface area contributed by atoms with E-state index in [1.54, 1.807) is 18.2 Å². The number of amides is 1. The first kappa shape index (κ1) is 19.1. The minimum atomic E-state index is -0.347. The Bertz CT molecular complexity index is 838. The Morgan fingerprint density at radius 3 is 2.85 bits per heavy atom. The number of hydrogen-bond donors (Lipinski definition) is 1. The Hall–Kier alpha value is -1.72. The van der Waals surface area contributed by atoms with E-state index in [0.29, 0.717) is 21.7 Å². The molecule has 0 saturated heterocycles. The van der Waals surface area contributed by atoms with E-state index in [-0.39, 0.29) is 24.2 Å². The van der Waals surface area contributed by atoms with Crippen LogP contribution in [0, 0.1) is 6.92 Å². The summed E-state index contributed by atoms with van der Waals surface area (Å²) < 4.78 is 12.4. The second kappa shape index (κ2) is 7.49. The van der Waals surface area contributed by atoms with Crippen molar-refractivity contribution >= 4 is 33.4 Å². The topological polar surface area (TPSA) is 47.6 Å². The van der Waals surface area contributed by atoms with E-state index in [1.807, 2.05) is 32.9 Å². The van der Waals surface area contributed by atoms with Gasteiger partial charge in [0.15, 0.2) is 6.61 Å². The summed E-state index contributed by atoms with van der Waals surface area (Å²) in [4.78, 5) is 12.5. The molecule has 0 radical (unpaired) electrons. The lowest BCUT2D eigenvalue weighted by Crippen LogP contribution is -2.42. The van der Waals surface area contributed by atoms with Gasteiger partial charge >= 0.3 is 0 Å². The molecule has 0 spiro atoms. The van der Waals surface area contributed by atoms with Crippen LogP contribution < -0.4 is 14.8 Å². The van der Waals surface area contributed by atoms with Gasteiger partial charge in [-0.05, 0) is 61.0 Å². The first-order valence-electron chi connectivity index (χ1n) is 8.40. The van der Waals surface area contributed by atoms with E-state index < -0.39 is 0 Å². The van der Waals surface area contributed by atoms with Crippen molar-refractivity contribution in [2.24, 2.45) is 0 Å². The first-order chi connectivity index (χ1) is 12.2. The monoisotopic (exact) mass is 437 g/mol. The molecule has 1 aliphatic rings. The van der Waals surface area contributed by atoms with Crippen LogP contribution >= 0.6 is 27.5 Å². The van der Waals surface area contributed by atoms with Gasteiger partial charge < -0.3 is 14.8 Å². The number of hydrogen-bond acceptors (Lipinski definition) is 3. The Morgan fingerprint density at radius 1 is 1.35 bits per heavy atom. The van der Waals surface area contributed by atoms with Crippen LogP contribution in [0.4, 0.5) is 0 Å². The molecule has 1 amide bonds. The van der Waals surface area contributed by atoms with Crippen molar-refractivity contribution in [1.82, 2.24) is 5.32 Å². The normalized spacial score (nSPS) is 17.8. The highest BCUT2D eigenvalue weighted by atomic mass is 79.9. The van der Waals surface area contributed by atoms with Crippen LogP contribution in [0.5, 0.6) is 11.5 Å². The van der Waals surface area contributed by atoms with Gasteiger partial charge in [-0.1, -0.05) is 29.3 Å². The van der Waals surface area contributed by atoms with Crippen LogP contribution in [-0.4, -0.2) is 18.1 Å². The largest absolute Gasteiger partial charge is 0.487 e. The summed E-state index contributed by atoms with van der Waals surface area (Å²) in [5, 5.41) is 3.68. The first-order valence-corrected chi connectivity index (χ1v) is 9.57. The summed E-state index contributed by atoms with van der Waals surface area (Å²) in [7, 11) is 0. The lowest BCUT2D eigenvalue weighted by Gasteiger charge is -2.38. The number of fused-ring (bicyclic) bond motifs is 1. The van der Waals surface area contributed by atoms with Gasteiger partial charge in [0.2, 0.25) is 0 Å². The maximum Gasteiger partial charge on any atom is 0.258 e. The molecular weight excluding hydrogens is 418 g/mol. The number of benzene rings is 2. The lowest BCUT2D eigenvalue weighted by molar-refractivity contribution is -0.124. The van der Waals surface area contributed by atoms with Crippen LogP contribution in [0.3, 0.4) is 0 Å². The van der Waals surface area contributed by atoms with Crippen molar-refractivity contribution in [2.75, 3.05) is 6.61 Å². The highest BCUT2D eigenvalue weighted by molar-refractivity contribution is 9.10. The molecule has 0 aromatic heterocycles. The highest BCUT2D eigenvalue weighted by Gasteiger charge is 2.34. The van der Waals surface area contributed by atoms with Crippen molar-refractivity contribution in [3.8, 4) is 11.5 Å². The third kappa shape index (κ3) is 4.51. The number of halogens is 2. The third-order valence-electron chi connectivity index (χ3n) is 4.21. The molecule has 1 N–H and O–H groups in total.